The molecule has 0 radical (unpaired) electrons. The molecule has 2 aromatic rings. The van der Waals surface area contributed by atoms with Crippen molar-refractivity contribution in [2.75, 3.05) is 7.11 Å². The number of fused-ring (bicyclic) bond motifs is 1. The Morgan fingerprint density at radius 1 is 1.46 bits per heavy atom. The predicted molar refractivity (Wildman–Crippen MR) is 95.2 cm³/mol. The van der Waals surface area contributed by atoms with Gasteiger partial charge in [-0.3, -0.25) is 4.79 Å². The second kappa shape index (κ2) is 7.05. The van der Waals surface area contributed by atoms with Crippen molar-refractivity contribution in [3.05, 3.63) is 45.1 Å². The number of ether oxygens (including phenoxy) is 1. The summed E-state index contributed by atoms with van der Waals surface area (Å²) in [6.07, 6.45) is 4.82. The zero-order valence-electron chi connectivity index (χ0n) is 13.7. The van der Waals surface area contributed by atoms with Gasteiger partial charge in [0.2, 0.25) is 0 Å². The fourth-order valence-electron chi connectivity index (χ4n) is 2.81. The zero-order valence-corrected chi connectivity index (χ0v) is 14.5. The molecule has 6 heteroatoms. The summed E-state index contributed by atoms with van der Waals surface area (Å²) in [5, 5.41) is 13.5. The number of amides is 1. The maximum absolute atomic E-state index is 12.2. The Labute approximate surface area is 145 Å². The molecule has 0 spiro atoms. The molecule has 126 valence electrons. The average molecular weight is 344 g/mol. The number of rotatable bonds is 4. The number of phenols is 1. The number of aryl methyl sites for hydroxylation is 1. The average Bonchev–Trinajstić information content (AvgIpc) is 2.99. The number of nitrogens with one attached hydrogen (secondary N) is 1. The first-order valence-electron chi connectivity index (χ1n) is 7.89. The minimum Gasteiger partial charge on any atom is -0.504 e. The van der Waals surface area contributed by atoms with Gasteiger partial charge in [-0.2, -0.15) is 5.10 Å². The van der Waals surface area contributed by atoms with E-state index in [1.54, 1.807) is 23.5 Å². The Bertz CT molecular complexity index is 783. The van der Waals surface area contributed by atoms with E-state index in [4.69, 9.17) is 4.74 Å². The molecule has 3 rings (SSSR count). The van der Waals surface area contributed by atoms with Crippen molar-refractivity contribution in [2.45, 2.75) is 26.2 Å². The lowest BCUT2D eigenvalue weighted by atomic mass is 9.90. The van der Waals surface area contributed by atoms with Crippen LogP contribution < -0.4 is 10.2 Å². The van der Waals surface area contributed by atoms with Crippen LogP contribution in [-0.4, -0.2) is 24.3 Å². The van der Waals surface area contributed by atoms with Crippen molar-refractivity contribution in [2.24, 2.45) is 11.0 Å². The third-order valence-corrected chi connectivity index (χ3v) is 5.37. The fraction of sp³-hybridized carbons (Fsp3) is 0.333. The minimum atomic E-state index is -0.191. The first-order valence-corrected chi connectivity index (χ1v) is 8.70. The van der Waals surface area contributed by atoms with Gasteiger partial charge in [0.05, 0.1) is 18.2 Å². The number of carbonyl (C=O) groups is 1. The number of benzene rings is 1. The molecule has 2 N–H and O–H groups in total. The normalized spacial score (nSPS) is 16.8. The lowest BCUT2D eigenvalue weighted by Gasteiger charge is -2.16. The first-order chi connectivity index (χ1) is 11.6. The molecular weight excluding hydrogens is 324 g/mol. The lowest BCUT2D eigenvalue weighted by molar-refractivity contribution is 0.0959. The number of methoxy groups -OCH3 is 1. The summed E-state index contributed by atoms with van der Waals surface area (Å²) in [5.74, 6) is 0.928. The molecule has 0 fully saturated rings. The van der Waals surface area contributed by atoms with Crippen LogP contribution in [0.1, 0.15) is 39.0 Å². The highest BCUT2D eigenvalue weighted by Gasteiger charge is 2.20. The van der Waals surface area contributed by atoms with Crippen LogP contribution in [0.3, 0.4) is 0 Å². The maximum atomic E-state index is 12.2. The number of carbonyl (C=O) groups excluding carboxylic acids is 1. The Morgan fingerprint density at radius 2 is 2.29 bits per heavy atom. The number of thiophene rings is 1. The van der Waals surface area contributed by atoms with Gasteiger partial charge in [0.25, 0.3) is 5.91 Å². The summed E-state index contributed by atoms with van der Waals surface area (Å²) in [4.78, 5) is 14.3. The summed E-state index contributed by atoms with van der Waals surface area (Å²) in [6.45, 7) is 2.25. The topological polar surface area (TPSA) is 70.9 Å². The largest absolute Gasteiger partial charge is 0.504 e. The van der Waals surface area contributed by atoms with E-state index in [9.17, 15) is 9.90 Å². The number of nitrogens with zero attached hydrogens (tertiary/aromatic N) is 1. The number of phenolic OH excluding ortho intramolecular Hbond substituents is 1. The van der Waals surface area contributed by atoms with Gasteiger partial charge in [0, 0.05) is 4.88 Å². The quantitative estimate of drug-likeness (QED) is 0.660. The Hall–Kier alpha value is -2.34. The maximum Gasteiger partial charge on any atom is 0.281 e. The van der Waals surface area contributed by atoms with Crippen molar-refractivity contribution in [3.63, 3.8) is 0 Å². The van der Waals surface area contributed by atoms with E-state index in [1.165, 1.54) is 36.3 Å². The van der Waals surface area contributed by atoms with Crippen LogP contribution in [0.5, 0.6) is 11.5 Å². The van der Waals surface area contributed by atoms with Crippen molar-refractivity contribution in [3.8, 4) is 11.5 Å². The monoisotopic (exact) mass is 344 g/mol. The van der Waals surface area contributed by atoms with Crippen molar-refractivity contribution in [1.82, 2.24) is 5.43 Å². The van der Waals surface area contributed by atoms with Gasteiger partial charge in [-0.05, 0) is 60.6 Å². The molecule has 0 bridgehead atoms. The molecule has 1 heterocycles. The van der Waals surface area contributed by atoms with Crippen molar-refractivity contribution >= 4 is 23.5 Å². The van der Waals surface area contributed by atoms with Crippen LogP contribution in [0.15, 0.2) is 29.4 Å². The molecule has 1 aromatic carbocycles. The second-order valence-corrected chi connectivity index (χ2v) is 7.17. The molecular formula is C18H20N2O3S. The van der Waals surface area contributed by atoms with Crippen LogP contribution in [0.2, 0.25) is 0 Å². The standard InChI is InChI=1S/C18H20N2O3S/c1-11-3-6-16-13(7-11)9-17(24-16)18(22)20-19-10-12-4-5-14(21)15(8-12)23-2/h4-5,8-11,21H,3,6-7H2,1-2H3,(H,20,22)/b19-10+/t11-/m1/s1. The third-order valence-electron chi connectivity index (χ3n) is 4.14. The van der Waals surface area contributed by atoms with Crippen molar-refractivity contribution < 1.29 is 14.6 Å². The third kappa shape index (κ3) is 3.59. The van der Waals surface area contributed by atoms with E-state index in [0.717, 1.165) is 18.4 Å². The molecule has 1 aliphatic carbocycles. The van der Waals surface area contributed by atoms with Crippen LogP contribution in [0.4, 0.5) is 0 Å². The molecule has 1 aromatic heterocycles. The number of hydrogen-bond donors (Lipinski definition) is 2. The Kier molecular flexibility index (Phi) is 4.85. The molecule has 0 saturated heterocycles. The minimum absolute atomic E-state index is 0.0667. The van der Waals surface area contributed by atoms with E-state index in [-0.39, 0.29) is 11.7 Å². The first kappa shape index (κ1) is 16.5. The van der Waals surface area contributed by atoms with Gasteiger partial charge in [-0.15, -0.1) is 11.3 Å². The van der Waals surface area contributed by atoms with Crippen LogP contribution in [-0.2, 0) is 12.8 Å². The van der Waals surface area contributed by atoms with Gasteiger partial charge >= 0.3 is 0 Å². The molecule has 1 aliphatic rings. The highest BCUT2D eigenvalue weighted by Crippen LogP contribution is 2.32. The highest BCUT2D eigenvalue weighted by molar-refractivity contribution is 7.14. The molecule has 1 amide bonds. The van der Waals surface area contributed by atoms with Gasteiger partial charge < -0.3 is 9.84 Å². The molecule has 24 heavy (non-hydrogen) atoms. The number of hydrogen-bond acceptors (Lipinski definition) is 5. The fourth-order valence-corrected chi connectivity index (χ4v) is 3.91. The van der Waals surface area contributed by atoms with E-state index >= 15 is 0 Å². The van der Waals surface area contributed by atoms with Gasteiger partial charge in [-0.1, -0.05) is 6.92 Å². The second-order valence-electron chi connectivity index (χ2n) is 6.04. The highest BCUT2D eigenvalue weighted by atomic mass is 32.1. The van der Waals surface area contributed by atoms with Crippen LogP contribution >= 0.6 is 11.3 Å². The molecule has 0 unspecified atom stereocenters. The van der Waals surface area contributed by atoms with E-state index in [0.29, 0.717) is 16.5 Å². The lowest BCUT2D eigenvalue weighted by Crippen LogP contribution is -2.16. The Balaban J connectivity index is 1.65. The van der Waals surface area contributed by atoms with Crippen LogP contribution in [0, 0.1) is 5.92 Å². The Morgan fingerprint density at radius 3 is 3.08 bits per heavy atom. The molecule has 1 atom stereocenters. The summed E-state index contributed by atoms with van der Waals surface area (Å²) in [5.41, 5.74) is 4.59. The SMILES string of the molecule is COc1cc(/C=N/NC(=O)c2cc3c(s2)CC[C@@H](C)C3)ccc1O. The van der Waals surface area contributed by atoms with Gasteiger partial charge in [-0.25, -0.2) is 5.43 Å². The van der Waals surface area contributed by atoms with E-state index in [2.05, 4.69) is 17.5 Å². The smallest absolute Gasteiger partial charge is 0.281 e. The van der Waals surface area contributed by atoms with Gasteiger partial charge in [0.15, 0.2) is 11.5 Å². The van der Waals surface area contributed by atoms with E-state index < -0.39 is 0 Å². The molecule has 5 nitrogen and oxygen atoms in total. The number of hydrazone groups is 1. The van der Waals surface area contributed by atoms with E-state index in [1.807, 2.05) is 6.07 Å². The molecule has 0 saturated carbocycles. The zero-order chi connectivity index (χ0) is 17.1. The molecule has 0 aliphatic heterocycles. The summed E-state index contributed by atoms with van der Waals surface area (Å²) >= 11 is 1.56. The summed E-state index contributed by atoms with van der Waals surface area (Å²) < 4.78 is 5.04. The number of aromatic hydroxyl groups is 1. The summed E-state index contributed by atoms with van der Waals surface area (Å²) in [7, 11) is 1.48. The summed E-state index contributed by atoms with van der Waals surface area (Å²) in [6, 6.07) is 6.86. The predicted octanol–water partition coefficient (Wildman–Crippen LogP) is 3.35. The van der Waals surface area contributed by atoms with Gasteiger partial charge in [0.1, 0.15) is 0 Å². The van der Waals surface area contributed by atoms with Crippen molar-refractivity contribution in [1.29, 1.82) is 0 Å². The van der Waals surface area contributed by atoms with Crippen LogP contribution in [0.25, 0.3) is 0 Å².